The monoisotopic (exact) mass is 1350 g/mol. The number of nitrogens with one attached hydrogen (secondary N) is 1. The lowest BCUT2D eigenvalue weighted by molar-refractivity contribution is -0.304. The van der Waals surface area contributed by atoms with Gasteiger partial charge in [0.1, 0.15) is 5.75 Å². The molecule has 14 heteroatoms. The van der Waals surface area contributed by atoms with E-state index >= 15 is 0 Å². The summed E-state index contributed by atoms with van der Waals surface area (Å²) in [5.74, 6) is -2.79. The lowest BCUT2D eigenvalue weighted by Gasteiger charge is -2.28. The zero-order valence-electron chi connectivity index (χ0n) is 60.1. The van der Waals surface area contributed by atoms with Crippen molar-refractivity contribution in [1.82, 2.24) is 5.32 Å². The van der Waals surface area contributed by atoms with E-state index < -0.39 is 46.9 Å². The van der Waals surface area contributed by atoms with Crippen LogP contribution in [0.25, 0.3) is 0 Å². The van der Waals surface area contributed by atoms with Gasteiger partial charge in [-0.05, 0) is 115 Å². The fourth-order valence-corrected chi connectivity index (χ4v) is 23.1. The molecule has 0 aromatic heterocycles. The maximum absolute atomic E-state index is 10.6. The van der Waals surface area contributed by atoms with E-state index in [0.29, 0.717) is 0 Å². The molecule has 0 atom stereocenters. The molecule has 0 saturated heterocycles. The van der Waals surface area contributed by atoms with Crippen LogP contribution in [0.1, 0.15) is 374 Å². The predicted octanol–water partition coefficient (Wildman–Crippen LogP) is 23.7. The minimum atomic E-state index is -4.12. The Morgan fingerprint density at radius 1 is 0.393 bits per heavy atom. The number of carbonyl (C=O) groups is 2. The molecule has 0 unspecified atom stereocenters. The standard InChI is InChI=1S/2C32H68P.C8H6Cl2O3.C3H8NO5P/c2*1-5-9-13-17-18-19-20-21-22-23-24-28-32-33(29-25-14-10-6-2,30-26-15-11-7-3)31-27-16-12-8-4;1-13-7-5(10)3-2-4(9)6(7)8(11)12;5-3(6)1-4-2-10(7,8)9/h2*5-32H2,1-4H3;2-3H,1H3,(H,11,12);4H,1-2H2,(H,5,6)(H2,7,8,9)/q2*+1;;/p-2. The number of rotatable bonds is 62. The van der Waals surface area contributed by atoms with Crippen LogP contribution in [0.15, 0.2) is 12.1 Å². The Bertz CT molecular complexity index is 1590. The topological polar surface area (TPSA) is 159 Å². The number of aliphatic carboxylic acids is 1. The first-order valence-electron chi connectivity index (χ1n) is 37.9. The molecule has 0 heterocycles. The van der Waals surface area contributed by atoms with Gasteiger partial charge in [-0.2, -0.15) is 0 Å². The van der Waals surface area contributed by atoms with Gasteiger partial charge in [-0.15, -0.1) is 0 Å². The van der Waals surface area contributed by atoms with Gasteiger partial charge in [-0.1, -0.05) is 284 Å². The second-order valence-corrected chi connectivity index (χ2v) is 37.9. The summed E-state index contributed by atoms with van der Waals surface area (Å²) in [6.07, 6.45) is 83.5. The number of hydrogen-bond donors (Lipinski definition) is 3. The van der Waals surface area contributed by atoms with E-state index in [0.717, 1.165) is 0 Å². The molecule has 1 aromatic rings. The molecule has 0 spiro atoms. The van der Waals surface area contributed by atoms with Crippen LogP contribution in [0, 0.1) is 0 Å². The van der Waals surface area contributed by atoms with Crippen LogP contribution in [0.3, 0.4) is 0 Å². The maximum Gasteiger partial charge on any atom is 0.339 e. The second kappa shape index (κ2) is 68.9. The number of hydrogen-bond acceptors (Lipinski definition) is 7. The number of carboxylic acids is 2. The molecule has 0 amide bonds. The summed E-state index contributed by atoms with van der Waals surface area (Å²) in [6.45, 7) is 18.3. The van der Waals surface area contributed by atoms with E-state index in [1.807, 2.05) is 5.32 Å². The molecule has 1 rings (SSSR count). The van der Waals surface area contributed by atoms with Gasteiger partial charge in [-0.25, -0.2) is 0 Å². The van der Waals surface area contributed by atoms with E-state index in [4.69, 9.17) is 37.7 Å². The molecule has 0 aliphatic rings. The molecule has 1 aromatic carbocycles. The van der Waals surface area contributed by atoms with Crippen molar-refractivity contribution < 1.29 is 38.9 Å². The minimum absolute atomic E-state index is 0.0224. The van der Waals surface area contributed by atoms with Crippen molar-refractivity contribution in [3.8, 4) is 5.75 Å². The summed E-state index contributed by atoms with van der Waals surface area (Å²) in [6, 6.07) is 2.83. The normalized spacial score (nSPS) is 11.6. The van der Waals surface area contributed by atoms with E-state index in [-0.39, 0.29) is 21.4 Å². The number of methoxy groups -OCH3 is 1. The van der Waals surface area contributed by atoms with Crippen molar-refractivity contribution in [1.29, 1.82) is 0 Å². The number of ether oxygens (including phenoxy) is 1. The van der Waals surface area contributed by atoms with Gasteiger partial charge in [0.05, 0.1) is 90.2 Å². The number of halogens is 2. The molecule has 9 nitrogen and oxygen atoms in total. The molecule has 0 saturated carbocycles. The first kappa shape index (κ1) is 92.7. The molecule has 0 fully saturated rings. The largest absolute Gasteiger partial charge is 0.549 e. The number of aromatic carboxylic acids is 1. The van der Waals surface area contributed by atoms with Crippen LogP contribution in [-0.2, 0) is 9.36 Å². The van der Waals surface area contributed by atoms with Crippen molar-refractivity contribution in [2.45, 2.75) is 364 Å². The van der Waals surface area contributed by atoms with Crippen molar-refractivity contribution in [2.24, 2.45) is 0 Å². The zero-order chi connectivity index (χ0) is 66.8. The van der Waals surface area contributed by atoms with E-state index in [1.165, 1.54) is 276 Å². The highest BCUT2D eigenvalue weighted by atomic mass is 35.5. The first-order chi connectivity index (χ1) is 43.0. The summed E-state index contributed by atoms with van der Waals surface area (Å²) >= 11 is 11.3. The molecule has 0 aliphatic heterocycles. The lowest BCUT2D eigenvalue weighted by atomic mass is 10.1. The fraction of sp³-hybridized carbons (Fsp3) is 0.893. The average molecular weight is 1360 g/mol. The predicted molar refractivity (Wildman–Crippen MR) is 397 cm³/mol. The Labute approximate surface area is 564 Å². The molecule has 89 heavy (non-hydrogen) atoms. The second-order valence-electron chi connectivity index (χ2n) is 26.5. The number of carbonyl (C=O) groups excluding carboxylic acids is 2. The minimum Gasteiger partial charge on any atom is -0.549 e. The quantitative estimate of drug-likeness (QED) is 0.0426. The van der Waals surface area contributed by atoms with Gasteiger partial charge in [-0.3, -0.25) is 4.57 Å². The lowest BCUT2D eigenvalue weighted by Crippen LogP contribution is -2.34. The molecular formula is C75H148Cl2NO8P3. The third-order valence-electron chi connectivity index (χ3n) is 17.9. The van der Waals surface area contributed by atoms with E-state index in [2.05, 4.69) is 55.4 Å². The van der Waals surface area contributed by atoms with Crippen LogP contribution in [0.5, 0.6) is 5.75 Å². The van der Waals surface area contributed by atoms with Crippen LogP contribution >= 0.6 is 45.3 Å². The highest BCUT2D eigenvalue weighted by molar-refractivity contribution is 7.76. The molecule has 3 N–H and O–H groups in total. The Hall–Kier alpha value is -0.490. The summed E-state index contributed by atoms with van der Waals surface area (Å²) in [7, 11) is -4.21. The summed E-state index contributed by atoms with van der Waals surface area (Å²) in [5, 5.41) is 22.5. The molecule has 530 valence electrons. The Morgan fingerprint density at radius 3 is 0.775 bits per heavy atom. The third-order valence-corrected chi connectivity index (χ3v) is 29.3. The maximum atomic E-state index is 10.6. The summed E-state index contributed by atoms with van der Waals surface area (Å²) < 4.78 is 14.8. The molecule has 0 radical (unpaired) electrons. The molecule has 0 bridgehead atoms. The first-order valence-corrected chi connectivity index (χ1v) is 45.5. The van der Waals surface area contributed by atoms with Crippen molar-refractivity contribution >= 4 is 57.3 Å². The Kier molecular flexibility index (Phi) is 71.7. The summed E-state index contributed by atoms with van der Waals surface area (Å²) in [5.41, 5.74) is -0.225. The van der Waals surface area contributed by atoms with Crippen LogP contribution in [0.4, 0.5) is 0 Å². The molecule has 0 aliphatic carbocycles. The van der Waals surface area contributed by atoms with Crippen molar-refractivity contribution in [3.63, 3.8) is 0 Å². The van der Waals surface area contributed by atoms with Crippen LogP contribution in [0.2, 0.25) is 10.0 Å². The van der Waals surface area contributed by atoms with E-state index in [9.17, 15) is 24.4 Å². The average Bonchev–Trinajstić information content (AvgIpc) is 3.62. The fourth-order valence-electron chi connectivity index (χ4n) is 12.4. The van der Waals surface area contributed by atoms with E-state index in [1.54, 1.807) is 101 Å². The van der Waals surface area contributed by atoms with Gasteiger partial charge in [0.15, 0.2) is 0 Å². The molecular weight excluding hydrogens is 1210 g/mol. The Morgan fingerprint density at radius 2 is 0.596 bits per heavy atom. The van der Waals surface area contributed by atoms with Gasteiger partial charge in [0, 0.05) is 21.1 Å². The van der Waals surface area contributed by atoms with Gasteiger partial charge in [0.25, 0.3) is 0 Å². The highest BCUT2D eigenvalue weighted by Gasteiger charge is 2.36. The van der Waals surface area contributed by atoms with Gasteiger partial charge in [0.2, 0.25) is 0 Å². The van der Waals surface area contributed by atoms with Crippen molar-refractivity contribution in [3.05, 3.63) is 27.7 Å². The Balaban J connectivity index is -0.00000123. The van der Waals surface area contributed by atoms with Gasteiger partial charge >= 0.3 is 7.60 Å². The smallest absolute Gasteiger partial charge is 0.339 e. The van der Waals surface area contributed by atoms with Crippen LogP contribution in [-0.4, -0.2) is 91.0 Å². The number of unbranched alkanes of at least 4 members (excludes halogenated alkanes) is 40. The number of benzene rings is 1. The van der Waals surface area contributed by atoms with Crippen molar-refractivity contribution in [2.75, 3.05) is 69.2 Å². The highest BCUT2D eigenvalue weighted by Crippen LogP contribution is 2.62. The SMILES string of the molecule is CCCCCCCCCCCCCC[P+](CCCCCC)(CCCCCC)CCCCCC.CCCCCCCCCCCCCC[P+](CCCCCC)(CCCCCC)CCCCCC.COc1c(Cl)ccc(Cl)c1C(=O)[O-].O=C([O-])CNCP(=O)(O)O. The zero-order valence-corrected chi connectivity index (χ0v) is 64.3. The summed E-state index contributed by atoms with van der Waals surface area (Å²) in [4.78, 5) is 36.6. The number of carboxylic acid groups (broad SMARTS) is 2. The van der Waals surface area contributed by atoms with Gasteiger partial charge < -0.3 is 39.6 Å². The van der Waals surface area contributed by atoms with Crippen LogP contribution < -0.4 is 20.3 Å². The third kappa shape index (κ3) is 62.1.